The van der Waals surface area contributed by atoms with Gasteiger partial charge in [-0.3, -0.25) is 9.59 Å². The van der Waals surface area contributed by atoms with Crippen LogP contribution in [0.5, 0.6) is 0 Å². The van der Waals surface area contributed by atoms with E-state index < -0.39 is 0 Å². The van der Waals surface area contributed by atoms with E-state index in [4.69, 9.17) is 4.74 Å². The van der Waals surface area contributed by atoms with Crippen LogP contribution < -0.4 is 0 Å². The molecule has 0 aromatic heterocycles. The lowest BCUT2D eigenvalue weighted by atomic mass is 9.89. The summed E-state index contributed by atoms with van der Waals surface area (Å²) in [5.41, 5.74) is 0.442. The minimum absolute atomic E-state index is 0.0709. The second-order valence-electron chi connectivity index (χ2n) is 5.78. The maximum Gasteiger partial charge on any atom is 0.309 e. The highest BCUT2D eigenvalue weighted by Crippen LogP contribution is 2.24. The number of hydrogen-bond donors (Lipinski definition) is 0. The Morgan fingerprint density at radius 1 is 1.23 bits per heavy atom. The van der Waals surface area contributed by atoms with Crippen LogP contribution >= 0.6 is 0 Å². The largest absolute Gasteiger partial charge is 0.455 e. The van der Waals surface area contributed by atoms with Gasteiger partial charge in [-0.05, 0) is 18.9 Å². The van der Waals surface area contributed by atoms with Crippen molar-refractivity contribution in [3.05, 3.63) is 35.6 Å². The van der Waals surface area contributed by atoms with Gasteiger partial charge in [0.1, 0.15) is 5.82 Å². The Morgan fingerprint density at radius 3 is 2.59 bits per heavy atom. The van der Waals surface area contributed by atoms with Crippen LogP contribution in [0.15, 0.2) is 24.3 Å². The van der Waals surface area contributed by atoms with Gasteiger partial charge in [-0.25, -0.2) is 4.39 Å². The molecule has 1 aliphatic carbocycles. The number of carbonyl (C=O) groups is 2. The Morgan fingerprint density at radius 2 is 1.91 bits per heavy atom. The van der Waals surface area contributed by atoms with E-state index in [0.29, 0.717) is 5.56 Å². The number of amides is 1. The molecule has 1 fully saturated rings. The van der Waals surface area contributed by atoms with Crippen LogP contribution in [0.3, 0.4) is 0 Å². The number of nitrogens with zero attached hydrogens (tertiary/aromatic N) is 1. The van der Waals surface area contributed by atoms with E-state index in [2.05, 4.69) is 0 Å². The van der Waals surface area contributed by atoms with E-state index in [9.17, 15) is 14.0 Å². The third-order valence-electron chi connectivity index (χ3n) is 4.07. The molecule has 0 heterocycles. The molecule has 0 unspecified atom stereocenters. The summed E-state index contributed by atoms with van der Waals surface area (Å²) in [6.45, 7) is -0.118. The smallest absolute Gasteiger partial charge is 0.309 e. The first-order chi connectivity index (χ1) is 10.6. The topological polar surface area (TPSA) is 46.6 Å². The van der Waals surface area contributed by atoms with Crippen molar-refractivity contribution in [3.63, 3.8) is 0 Å². The van der Waals surface area contributed by atoms with Crippen molar-refractivity contribution >= 4 is 11.9 Å². The summed E-state index contributed by atoms with van der Waals surface area (Å²) < 4.78 is 18.7. The first-order valence-electron chi connectivity index (χ1n) is 7.72. The molecule has 1 aromatic carbocycles. The van der Waals surface area contributed by atoms with Crippen molar-refractivity contribution in [2.75, 3.05) is 13.7 Å². The summed E-state index contributed by atoms with van der Waals surface area (Å²) in [7, 11) is 1.57. The highest BCUT2D eigenvalue weighted by molar-refractivity contribution is 5.81. The second-order valence-corrected chi connectivity index (χ2v) is 5.78. The monoisotopic (exact) mass is 307 g/mol. The standard InChI is InChI=1S/C17H22FNO3/c1-19(11-14-9-5-6-10-15(14)18)16(20)12-22-17(21)13-7-3-2-4-8-13/h5-6,9-10,13H,2-4,7-8,11-12H2,1H3. The Hall–Kier alpha value is -1.91. The Kier molecular flexibility index (Phi) is 5.92. The van der Waals surface area contributed by atoms with Crippen molar-refractivity contribution in [2.45, 2.75) is 38.6 Å². The van der Waals surface area contributed by atoms with Crippen LogP contribution in [0.1, 0.15) is 37.7 Å². The van der Waals surface area contributed by atoms with Crippen LogP contribution in [0.4, 0.5) is 4.39 Å². The van der Waals surface area contributed by atoms with E-state index in [1.807, 2.05) is 0 Å². The predicted molar refractivity (Wildman–Crippen MR) is 80.4 cm³/mol. The molecule has 0 atom stereocenters. The second kappa shape index (κ2) is 7.92. The number of carbonyl (C=O) groups excluding carboxylic acids is 2. The molecule has 1 saturated carbocycles. The molecule has 1 amide bonds. The number of likely N-dealkylation sites (N-methyl/N-ethyl adjacent to an activating group) is 1. The number of halogens is 1. The van der Waals surface area contributed by atoms with Gasteiger partial charge in [-0.2, -0.15) is 0 Å². The molecule has 0 aliphatic heterocycles. The maximum atomic E-state index is 13.5. The zero-order valence-corrected chi connectivity index (χ0v) is 12.9. The lowest BCUT2D eigenvalue weighted by molar-refractivity contribution is -0.156. The lowest BCUT2D eigenvalue weighted by Crippen LogP contribution is -2.32. The molecule has 1 aromatic rings. The van der Waals surface area contributed by atoms with Gasteiger partial charge >= 0.3 is 5.97 Å². The molecule has 0 spiro atoms. The molecular weight excluding hydrogens is 285 g/mol. The Labute approximate surface area is 130 Å². The van der Waals surface area contributed by atoms with Crippen molar-refractivity contribution in [1.82, 2.24) is 4.90 Å². The van der Waals surface area contributed by atoms with Crippen LogP contribution in [-0.4, -0.2) is 30.4 Å². The average Bonchev–Trinajstić information content (AvgIpc) is 2.55. The van der Waals surface area contributed by atoms with Crippen molar-refractivity contribution < 1.29 is 18.7 Å². The molecule has 1 aliphatic rings. The van der Waals surface area contributed by atoms with Gasteiger partial charge in [-0.15, -0.1) is 0 Å². The van der Waals surface area contributed by atoms with Crippen molar-refractivity contribution in [1.29, 1.82) is 0 Å². The molecule has 22 heavy (non-hydrogen) atoms. The first-order valence-corrected chi connectivity index (χ1v) is 7.72. The quantitative estimate of drug-likeness (QED) is 0.786. The zero-order valence-electron chi connectivity index (χ0n) is 12.9. The minimum Gasteiger partial charge on any atom is -0.455 e. The van der Waals surface area contributed by atoms with E-state index in [0.717, 1.165) is 32.1 Å². The minimum atomic E-state index is -0.346. The fourth-order valence-corrected chi connectivity index (χ4v) is 2.67. The molecule has 2 rings (SSSR count). The van der Waals surface area contributed by atoms with Crippen LogP contribution in [-0.2, 0) is 20.9 Å². The van der Waals surface area contributed by atoms with Crippen LogP contribution in [0, 0.1) is 11.7 Å². The molecular formula is C17H22FNO3. The molecule has 0 radical (unpaired) electrons. The van der Waals surface area contributed by atoms with Crippen LogP contribution in [0.2, 0.25) is 0 Å². The third kappa shape index (κ3) is 4.55. The number of rotatable bonds is 5. The summed E-state index contributed by atoms with van der Waals surface area (Å²) in [5.74, 6) is -1.03. The zero-order chi connectivity index (χ0) is 15.9. The SMILES string of the molecule is CN(Cc1ccccc1F)C(=O)COC(=O)C1CCCCC1. The summed E-state index contributed by atoms with van der Waals surface area (Å²) in [6.07, 6.45) is 4.94. The van der Waals surface area contributed by atoms with Crippen molar-refractivity contribution in [3.8, 4) is 0 Å². The molecule has 5 heteroatoms. The van der Waals surface area contributed by atoms with E-state index in [1.54, 1.807) is 25.2 Å². The number of esters is 1. The Bertz CT molecular complexity index is 526. The molecule has 0 saturated heterocycles. The molecule has 4 nitrogen and oxygen atoms in total. The van der Waals surface area contributed by atoms with Gasteiger partial charge in [0, 0.05) is 19.2 Å². The summed E-state index contributed by atoms with van der Waals surface area (Å²) in [6, 6.07) is 6.32. The van der Waals surface area contributed by atoms with Crippen LogP contribution in [0.25, 0.3) is 0 Å². The Balaban J connectivity index is 1.79. The summed E-state index contributed by atoms with van der Waals surface area (Å²) in [5, 5.41) is 0. The molecule has 120 valence electrons. The van der Waals surface area contributed by atoms with Gasteiger partial charge in [0.2, 0.25) is 0 Å². The fraction of sp³-hybridized carbons (Fsp3) is 0.529. The summed E-state index contributed by atoms with van der Waals surface area (Å²) >= 11 is 0. The number of hydrogen-bond acceptors (Lipinski definition) is 3. The number of benzene rings is 1. The van der Waals surface area contributed by atoms with E-state index in [-0.39, 0.29) is 36.8 Å². The maximum absolute atomic E-state index is 13.5. The normalized spacial score (nSPS) is 15.4. The highest BCUT2D eigenvalue weighted by Gasteiger charge is 2.23. The molecule has 0 N–H and O–H groups in total. The number of ether oxygens (including phenoxy) is 1. The third-order valence-corrected chi connectivity index (χ3v) is 4.07. The predicted octanol–water partition coefficient (Wildman–Crippen LogP) is 2.91. The van der Waals surface area contributed by atoms with E-state index >= 15 is 0 Å². The van der Waals surface area contributed by atoms with Gasteiger partial charge < -0.3 is 9.64 Å². The van der Waals surface area contributed by atoms with Gasteiger partial charge in [0.25, 0.3) is 5.91 Å². The van der Waals surface area contributed by atoms with Crippen molar-refractivity contribution in [2.24, 2.45) is 5.92 Å². The van der Waals surface area contributed by atoms with Gasteiger partial charge in [0.05, 0.1) is 5.92 Å². The molecule has 0 bridgehead atoms. The summed E-state index contributed by atoms with van der Waals surface area (Å²) in [4.78, 5) is 25.2. The fourth-order valence-electron chi connectivity index (χ4n) is 2.67. The van der Waals surface area contributed by atoms with Gasteiger partial charge in [0.15, 0.2) is 6.61 Å². The average molecular weight is 307 g/mol. The van der Waals surface area contributed by atoms with Gasteiger partial charge in [-0.1, -0.05) is 37.5 Å². The highest BCUT2D eigenvalue weighted by atomic mass is 19.1. The first kappa shape index (κ1) is 16.5. The lowest BCUT2D eigenvalue weighted by Gasteiger charge is -2.21. The van der Waals surface area contributed by atoms with E-state index in [1.165, 1.54) is 11.0 Å².